The lowest BCUT2D eigenvalue weighted by molar-refractivity contribution is -0.147. The molecule has 3 rings (SSSR count). The van der Waals surface area contributed by atoms with Crippen molar-refractivity contribution in [1.29, 1.82) is 0 Å². The molecule has 1 aliphatic heterocycles. The lowest BCUT2D eigenvalue weighted by atomic mass is 9.99. The van der Waals surface area contributed by atoms with Gasteiger partial charge in [0.25, 0.3) is 0 Å². The summed E-state index contributed by atoms with van der Waals surface area (Å²) in [4.78, 5) is 18.5. The smallest absolute Gasteiger partial charge is 0.325 e. The van der Waals surface area contributed by atoms with Gasteiger partial charge in [-0.3, -0.25) is 9.69 Å². The third-order valence-corrected chi connectivity index (χ3v) is 4.41. The summed E-state index contributed by atoms with van der Waals surface area (Å²) in [6.07, 6.45) is 6.19. The zero-order valence-electron chi connectivity index (χ0n) is 11.2. The summed E-state index contributed by atoms with van der Waals surface area (Å²) in [5.41, 5.74) is 5.36. The number of fused-ring (bicyclic) bond motifs is 1. The van der Waals surface area contributed by atoms with E-state index in [1.54, 1.807) is 0 Å². The molecule has 0 bridgehead atoms. The Bertz CT molecular complexity index is 487. The first-order chi connectivity index (χ1) is 9.12. The van der Waals surface area contributed by atoms with Crippen LogP contribution in [0.25, 0.3) is 0 Å². The first-order valence-electron chi connectivity index (χ1n) is 6.74. The zero-order valence-corrected chi connectivity index (χ0v) is 11.2. The van der Waals surface area contributed by atoms with Gasteiger partial charge in [-0.25, -0.2) is 4.98 Å². The maximum absolute atomic E-state index is 11.7. The molecule has 1 saturated carbocycles. The minimum Gasteiger partial charge on any atom is -0.468 e. The van der Waals surface area contributed by atoms with Crippen molar-refractivity contribution in [3.63, 3.8) is 0 Å². The van der Waals surface area contributed by atoms with Crippen LogP contribution >= 0.6 is 0 Å². The van der Waals surface area contributed by atoms with Crippen LogP contribution in [0.4, 0.5) is 0 Å². The number of aromatic nitrogens is 2. The van der Waals surface area contributed by atoms with Crippen molar-refractivity contribution in [2.45, 2.75) is 43.9 Å². The number of nitrogens with zero attached hydrogens (tertiary/aromatic N) is 3. The third kappa shape index (κ3) is 2.15. The van der Waals surface area contributed by atoms with Crippen molar-refractivity contribution >= 4 is 5.97 Å². The fourth-order valence-corrected chi connectivity index (χ4v) is 3.25. The van der Waals surface area contributed by atoms with Crippen LogP contribution in [0.5, 0.6) is 0 Å². The van der Waals surface area contributed by atoms with Gasteiger partial charge in [-0.05, 0) is 19.3 Å². The van der Waals surface area contributed by atoms with E-state index in [1.165, 1.54) is 7.11 Å². The molecule has 6 heteroatoms. The Hall–Kier alpha value is -1.40. The van der Waals surface area contributed by atoms with Crippen LogP contribution in [0.1, 0.15) is 25.1 Å². The topological polar surface area (TPSA) is 73.4 Å². The summed E-state index contributed by atoms with van der Waals surface area (Å²) in [5.74, 6) is 0.812. The Morgan fingerprint density at radius 1 is 1.58 bits per heavy atom. The predicted molar refractivity (Wildman–Crippen MR) is 69.2 cm³/mol. The third-order valence-electron chi connectivity index (χ3n) is 4.41. The molecule has 1 fully saturated rings. The number of imidazole rings is 1. The Morgan fingerprint density at radius 3 is 3.21 bits per heavy atom. The normalized spacial score (nSPS) is 31.2. The molecule has 104 valence electrons. The number of esters is 1. The monoisotopic (exact) mass is 264 g/mol. The highest BCUT2D eigenvalue weighted by Gasteiger charge is 2.45. The van der Waals surface area contributed by atoms with Gasteiger partial charge in [-0.1, -0.05) is 0 Å². The van der Waals surface area contributed by atoms with E-state index < -0.39 is 5.54 Å². The highest BCUT2D eigenvalue weighted by molar-refractivity contribution is 5.81. The highest BCUT2D eigenvalue weighted by atomic mass is 16.5. The summed E-state index contributed by atoms with van der Waals surface area (Å²) in [5, 5.41) is 0. The lowest BCUT2D eigenvalue weighted by Gasteiger charge is -2.33. The fourth-order valence-electron chi connectivity index (χ4n) is 3.25. The number of rotatable bonds is 2. The fraction of sp³-hybridized carbons (Fsp3) is 0.692. The highest BCUT2D eigenvalue weighted by Crippen LogP contribution is 2.33. The van der Waals surface area contributed by atoms with Crippen molar-refractivity contribution in [3.05, 3.63) is 18.2 Å². The average molecular weight is 264 g/mol. The summed E-state index contributed by atoms with van der Waals surface area (Å²) < 4.78 is 7.00. The minimum absolute atomic E-state index is 0.284. The molecular formula is C13H20N4O2. The Kier molecular flexibility index (Phi) is 3.06. The van der Waals surface area contributed by atoms with Gasteiger partial charge in [0.15, 0.2) is 0 Å². The van der Waals surface area contributed by atoms with E-state index in [-0.39, 0.29) is 5.97 Å². The van der Waals surface area contributed by atoms with E-state index in [0.717, 1.165) is 31.9 Å². The molecule has 2 heterocycles. The number of carbonyl (C=O) groups excluding carboxylic acids is 1. The van der Waals surface area contributed by atoms with Crippen molar-refractivity contribution in [3.8, 4) is 0 Å². The van der Waals surface area contributed by atoms with Gasteiger partial charge in [0.1, 0.15) is 11.4 Å². The van der Waals surface area contributed by atoms with E-state index >= 15 is 0 Å². The van der Waals surface area contributed by atoms with Gasteiger partial charge >= 0.3 is 5.97 Å². The predicted octanol–water partition coefficient (Wildman–Crippen LogP) is 0.122. The summed E-state index contributed by atoms with van der Waals surface area (Å²) in [6, 6.07) is 0.356. The Labute approximate surface area is 112 Å². The van der Waals surface area contributed by atoms with Crippen molar-refractivity contribution in [1.82, 2.24) is 14.5 Å². The molecule has 1 aromatic rings. The van der Waals surface area contributed by atoms with Gasteiger partial charge in [0.2, 0.25) is 0 Å². The van der Waals surface area contributed by atoms with Gasteiger partial charge in [0, 0.05) is 31.5 Å². The van der Waals surface area contributed by atoms with E-state index in [0.29, 0.717) is 18.9 Å². The number of hydrogen-bond acceptors (Lipinski definition) is 5. The molecule has 0 aromatic carbocycles. The van der Waals surface area contributed by atoms with E-state index in [1.807, 2.05) is 12.4 Å². The molecule has 2 aliphatic rings. The molecule has 19 heavy (non-hydrogen) atoms. The molecule has 0 amide bonds. The van der Waals surface area contributed by atoms with E-state index in [2.05, 4.69) is 14.5 Å². The van der Waals surface area contributed by atoms with Crippen LogP contribution in [0, 0.1) is 0 Å². The SMILES string of the molecule is COC(=O)C1(N)CCC(N2CCn3ccnc3C2)C1. The second kappa shape index (κ2) is 4.61. The molecule has 2 N–H and O–H groups in total. The minimum atomic E-state index is -0.799. The van der Waals surface area contributed by atoms with E-state index in [4.69, 9.17) is 10.5 Å². The van der Waals surface area contributed by atoms with Crippen LogP contribution in [0.15, 0.2) is 12.4 Å². The van der Waals surface area contributed by atoms with Crippen LogP contribution in [-0.2, 0) is 22.6 Å². The van der Waals surface area contributed by atoms with Crippen LogP contribution < -0.4 is 5.73 Å². The molecule has 2 unspecified atom stereocenters. The number of carbonyl (C=O) groups is 1. The Morgan fingerprint density at radius 2 is 2.42 bits per heavy atom. The van der Waals surface area contributed by atoms with Crippen molar-refractivity contribution < 1.29 is 9.53 Å². The second-order valence-electron chi connectivity index (χ2n) is 5.55. The molecule has 1 aliphatic carbocycles. The maximum atomic E-state index is 11.7. The molecule has 6 nitrogen and oxygen atoms in total. The van der Waals surface area contributed by atoms with Crippen LogP contribution in [0.3, 0.4) is 0 Å². The maximum Gasteiger partial charge on any atom is 0.325 e. The quantitative estimate of drug-likeness (QED) is 0.768. The number of ether oxygens (including phenoxy) is 1. The van der Waals surface area contributed by atoms with Crippen LogP contribution in [0.2, 0.25) is 0 Å². The largest absolute Gasteiger partial charge is 0.468 e. The summed E-state index contributed by atoms with van der Waals surface area (Å²) >= 11 is 0. The first-order valence-corrected chi connectivity index (χ1v) is 6.74. The summed E-state index contributed by atoms with van der Waals surface area (Å²) in [7, 11) is 1.40. The second-order valence-corrected chi connectivity index (χ2v) is 5.55. The number of methoxy groups -OCH3 is 1. The molecule has 0 radical (unpaired) electrons. The van der Waals surface area contributed by atoms with Gasteiger partial charge in [-0.2, -0.15) is 0 Å². The van der Waals surface area contributed by atoms with Crippen molar-refractivity contribution in [2.24, 2.45) is 5.73 Å². The van der Waals surface area contributed by atoms with E-state index in [9.17, 15) is 4.79 Å². The van der Waals surface area contributed by atoms with Gasteiger partial charge in [-0.15, -0.1) is 0 Å². The summed E-state index contributed by atoms with van der Waals surface area (Å²) in [6.45, 7) is 2.79. The zero-order chi connectivity index (χ0) is 13.5. The molecule has 0 saturated heterocycles. The average Bonchev–Trinajstić information content (AvgIpc) is 3.04. The van der Waals surface area contributed by atoms with Crippen molar-refractivity contribution in [2.75, 3.05) is 13.7 Å². The Balaban J connectivity index is 1.68. The number of nitrogens with two attached hydrogens (primary N) is 1. The molecule has 2 atom stereocenters. The molecule has 0 spiro atoms. The van der Waals surface area contributed by atoms with Gasteiger partial charge < -0.3 is 15.0 Å². The van der Waals surface area contributed by atoms with Gasteiger partial charge in [0.05, 0.1) is 13.7 Å². The first kappa shape index (κ1) is 12.6. The van der Waals surface area contributed by atoms with Crippen LogP contribution in [-0.4, -0.2) is 45.7 Å². The number of hydrogen-bond donors (Lipinski definition) is 1. The lowest BCUT2D eigenvalue weighted by Crippen LogP contribution is -2.48. The standard InChI is InChI=1S/C13H20N4O2/c1-19-12(18)13(14)3-2-10(8-13)17-7-6-16-5-4-15-11(16)9-17/h4-5,10H,2-3,6-9,14H2,1H3. The molecular weight excluding hydrogens is 244 g/mol. The molecule has 1 aromatic heterocycles.